The topological polar surface area (TPSA) is 201 Å². The Bertz CT molecular complexity index is 635. The smallest absolute Gasteiger partial charge is 0.320 e. The summed E-state index contributed by atoms with van der Waals surface area (Å²) in [4.78, 5) is 41.5. The second kappa shape index (κ2) is 12.4. The first-order chi connectivity index (χ1) is 12.5. The lowest BCUT2D eigenvalue weighted by Crippen LogP contribution is -2.35. The fraction of sp³-hybridized carbons (Fsp3) is 0.412. The van der Waals surface area contributed by atoms with E-state index in [4.69, 9.17) is 31.9 Å². The van der Waals surface area contributed by atoms with Gasteiger partial charge in [0.25, 0.3) is 0 Å². The van der Waals surface area contributed by atoms with Crippen LogP contribution in [0.3, 0.4) is 0 Å². The molecule has 0 radical (unpaired) electrons. The Balaban J connectivity index is 0.000000580. The molecule has 1 aromatic carbocycles. The molecule has 0 saturated carbocycles. The minimum atomic E-state index is -1.18. The minimum absolute atomic E-state index is 0.0231. The van der Waals surface area contributed by atoms with Crippen LogP contribution >= 0.6 is 0 Å². The highest BCUT2D eigenvalue weighted by Crippen LogP contribution is 2.14. The molecule has 27 heavy (non-hydrogen) atoms. The molecule has 0 aliphatic carbocycles. The predicted molar refractivity (Wildman–Crippen MR) is 94.0 cm³/mol. The van der Waals surface area contributed by atoms with E-state index < -0.39 is 41.9 Å². The number of hydrogen-bond acceptors (Lipinski definition) is 6. The van der Waals surface area contributed by atoms with Crippen molar-refractivity contribution in [3.05, 3.63) is 35.9 Å². The van der Waals surface area contributed by atoms with Crippen molar-refractivity contribution in [2.45, 2.75) is 37.8 Å². The molecular weight excluding hydrogens is 360 g/mol. The van der Waals surface area contributed by atoms with Crippen LogP contribution in [0.25, 0.3) is 0 Å². The van der Waals surface area contributed by atoms with Crippen LogP contribution in [0.5, 0.6) is 0 Å². The van der Waals surface area contributed by atoms with Gasteiger partial charge in [-0.1, -0.05) is 30.3 Å². The van der Waals surface area contributed by atoms with Gasteiger partial charge in [-0.05, 0) is 24.8 Å². The molecule has 0 heterocycles. The van der Waals surface area contributed by atoms with E-state index in [0.29, 0.717) is 0 Å². The average Bonchev–Trinajstić information content (AvgIpc) is 2.60. The summed E-state index contributed by atoms with van der Waals surface area (Å²) < 4.78 is 0. The number of carboxylic acid groups (broad SMARTS) is 4. The third-order valence-corrected chi connectivity index (χ3v) is 3.52. The summed E-state index contributed by atoms with van der Waals surface area (Å²) in [6, 6.07) is 6.87. The molecule has 1 aromatic rings. The molecular formula is C17H24N2O8. The highest BCUT2D eigenvalue weighted by atomic mass is 16.4. The third-order valence-electron chi connectivity index (χ3n) is 3.52. The Hall–Kier alpha value is -2.98. The van der Waals surface area contributed by atoms with Gasteiger partial charge in [0.1, 0.15) is 12.1 Å². The van der Waals surface area contributed by atoms with Crippen LogP contribution in [0.1, 0.15) is 24.8 Å². The molecule has 1 unspecified atom stereocenters. The van der Waals surface area contributed by atoms with Gasteiger partial charge in [-0.2, -0.15) is 0 Å². The Morgan fingerprint density at radius 1 is 0.815 bits per heavy atom. The van der Waals surface area contributed by atoms with Crippen LogP contribution in [0.15, 0.2) is 30.3 Å². The van der Waals surface area contributed by atoms with Gasteiger partial charge < -0.3 is 31.9 Å². The van der Waals surface area contributed by atoms with Crippen molar-refractivity contribution in [3.8, 4) is 0 Å². The van der Waals surface area contributed by atoms with Crippen LogP contribution in [-0.2, 0) is 25.6 Å². The molecule has 0 aromatic heterocycles. The number of carboxylic acids is 4. The lowest BCUT2D eigenvalue weighted by molar-refractivity contribution is -0.144. The van der Waals surface area contributed by atoms with Gasteiger partial charge in [0.15, 0.2) is 0 Å². The van der Waals surface area contributed by atoms with Crippen molar-refractivity contribution in [3.63, 3.8) is 0 Å². The van der Waals surface area contributed by atoms with E-state index in [9.17, 15) is 19.2 Å². The second-order valence-electron chi connectivity index (χ2n) is 5.78. The van der Waals surface area contributed by atoms with Crippen LogP contribution in [0, 0.1) is 5.92 Å². The summed E-state index contributed by atoms with van der Waals surface area (Å²) >= 11 is 0. The first-order valence-electron chi connectivity index (χ1n) is 7.99. The predicted octanol–water partition coefficient (Wildman–Crippen LogP) is -0.00500. The lowest BCUT2D eigenvalue weighted by atomic mass is 9.93. The van der Waals surface area contributed by atoms with E-state index in [1.807, 2.05) is 30.3 Å². The number of hydrogen-bond donors (Lipinski definition) is 6. The lowest BCUT2D eigenvalue weighted by Gasteiger charge is -2.14. The van der Waals surface area contributed by atoms with Crippen LogP contribution in [0.4, 0.5) is 0 Å². The fourth-order valence-corrected chi connectivity index (χ4v) is 1.98. The Labute approximate surface area is 155 Å². The number of aliphatic carboxylic acids is 4. The monoisotopic (exact) mass is 384 g/mol. The van der Waals surface area contributed by atoms with Crippen molar-refractivity contribution in [1.29, 1.82) is 0 Å². The van der Waals surface area contributed by atoms with Crippen molar-refractivity contribution in [1.82, 2.24) is 0 Å². The molecule has 0 bridgehead atoms. The molecule has 0 fully saturated rings. The molecule has 0 amide bonds. The minimum Gasteiger partial charge on any atom is -0.481 e. The molecule has 10 heteroatoms. The quantitative estimate of drug-likeness (QED) is 0.318. The standard InChI is InChI=1S/C12H15NO4.C5H9NO4/c13-10(12(16)17)7-9(11(14)15)6-8-4-2-1-3-5-8;6-3(5(9)10)1-2-4(7)8/h1-5,9-10H,6-7,13H2,(H,14,15)(H,16,17);3H,1-2,6H2,(H,7,8)(H,9,10)/t9?,10-;3-/m00/s1. The van der Waals surface area contributed by atoms with Gasteiger partial charge >= 0.3 is 23.9 Å². The molecule has 10 nitrogen and oxygen atoms in total. The summed E-state index contributed by atoms with van der Waals surface area (Å²) in [6.07, 6.45) is -0.00511. The van der Waals surface area contributed by atoms with Gasteiger partial charge in [-0.3, -0.25) is 19.2 Å². The molecule has 150 valence electrons. The van der Waals surface area contributed by atoms with Crippen LogP contribution in [-0.4, -0.2) is 56.4 Å². The van der Waals surface area contributed by atoms with Crippen molar-refractivity contribution >= 4 is 23.9 Å². The first-order valence-corrected chi connectivity index (χ1v) is 7.99. The third kappa shape index (κ3) is 11.3. The normalized spacial score (nSPS) is 13.4. The summed E-state index contributed by atoms with van der Waals surface area (Å²) in [7, 11) is 0. The number of benzene rings is 1. The molecule has 0 spiro atoms. The maximum atomic E-state index is 11.0. The van der Waals surface area contributed by atoms with E-state index in [1.165, 1.54) is 0 Å². The van der Waals surface area contributed by atoms with E-state index in [-0.39, 0.29) is 25.7 Å². The SMILES string of the molecule is N[C@@H](CC(Cc1ccccc1)C(=O)O)C(=O)O.N[C@@H](CCC(=O)O)C(=O)O. The second-order valence-corrected chi connectivity index (χ2v) is 5.78. The summed E-state index contributed by atoms with van der Waals surface area (Å²) in [5.74, 6) is -5.17. The first kappa shape index (κ1) is 24.0. The number of rotatable bonds is 10. The summed E-state index contributed by atoms with van der Waals surface area (Å²) in [5.41, 5.74) is 11.2. The van der Waals surface area contributed by atoms with Crippen LogP contribution in [0.2, 0.25) is 0 Å². The molecule has 0 saturated heterocycles. The Kier molecular flexibility index (Phi) is 11.0. The molecule has 1 rings (SSSR count). The number of carbonyl (C=O) groups is 4. The molecule has 8 N–H and O–H groups in total. The number of nitrogens with two attached hydrogens (primary N) is 2. The maximum Gasteiger partial charge on any atom is 0.320 e. The average molecular weight is 384 g/mol. The highest BCUT2D eigenvalue weighted by Gasteiger charge is 2.24. The molecule has 3 atom stereocenters. The largest absolute Gasteiger partial charge is 0.481 e. The molecule has 0 aliphatic heterocycles. The van der Waals surface area contributed by atoms with Gasteiger partial charge in [0, 0.05) is 6.42 Å². The zero-order valence-corrected chi connectivity index (χ0v) is 14.5. The summed E-state index contributed by atoms with van der Waals surface area (Å²) in [5, 5.41) is 34.0. The maximum absolute atomic E-state index is 11.0. The van der Waals surface area contributed by atoms with E-state index in [0.717, 1.165) is 5.56 Å². The van der Waals surface area contributed by atoms with Crippen molar-refractivity contribution in [2.24, 2.45) is 17.4 Å². The fourth-order valence-electron chi connectivity index (χ4n) is 1.98. The van der Waals surface area contributed by atoms with E-state index in [1.54, 1.807) is 0 Å². The van der Waals surface area contributed by atoms with Gasteiger partial charge in [0.05, 0.1) is 5.92 Å². The Morgan fingerprint density at radius 3 is 1.74 bits per heavy atom. The molecule has 0 aliphatic rings. The van der Waals surface area contributed by atoms with E-state index >= 15 is 0 Å². The van der Waals surface area contributed by atoms with Crippen molar-refractivity contribution in [2.75, 3.05) is 0 Å². The highest BCUT2D eigenvalue weighted by molar-refractivity contribution is 5.76. The van der Waals surface area contributed by atoms with Crippen molar-refractivity contribution < 1.29 is 39.6 Å². The van der Waals surface area contributed by atoms with Gasteiger partial charge in [-0.15, -0.1) is 0 Å². The van der Waals surface area contributed by atoms with E-state index in [2.05, 4.69) is 0 Å². The van der Waals surface area contributed by atoms with Crippen LogP contribution < -0.4 is 11.5 Å². The van der Waals surface area contributed by atoms with Gasteiger partial charge in [-0.25, -0.2) is 0 Å². The Morgan fingerprint density at radius 2 is 1.33 bits per heavy atom. The van der Waals surface area contributed by atoms with Gasteiger partial charge in [0.2, 0.25) is 0 Å². The zero-order valence-electron chi connectivity index (χ0n) is 14.5. The summed E-state index contributed by atoms with van der Waals surface area (Å²) in [6.45, 7) is 0. The zero-order chi connectivity index (χ0) is 21.0.